The number of piperazine rings is 1. The fourth-order valence-corrected chi connectivity index (χ4v) is 4.61. The Balaban J connectivity index is 1.94. The van der Waals surface area contributed by atoms with Gasteiger partial charge in [-0.05, 0) is 19.3 Å². The number of hydrogen-bond donors (Lipinski definition) is 0. The van der Waals surface area contributed by atoms with Crippen LogP contribution in [0.3, 0.4) is 0 Å². The highest BCUT2D eigenvalue weighted by Gasteiger charge is 2.34. The van der Waals surface area contributed by atoms with Crippen molar-refractivity contribution >= 4 is 10.2 Å². The van der Waals surface area contributed by atoms with Crippen molar-refractivity contribution in [1.82, 2.24) is 13.5 Å². The molecule has 0 radical (unpaired) electrons. The number of nitrogens with zero attached hydrogens (tertiary/aromatic N) is 4. The first kappa shape index (κ1) is 15.7. The van der Waals surface area contributed by atoms with Crippen molar-refractivity contribution in [1.29, 1.82) is 5.26 Å². The van der Waals surface area contributed by atoms with Gasteiger partial charge in [0.1, 0.15) is 0 Å². The van der Waals surface area contributed by atoms with Gasteiger partial charge in [0, 0.05) is 39.3 Å². The molecule has 0 spiro atoms. The maximum Gasteiger partial charge on any atom is 0.282 e. The first-order chi connectivity index (χ1) is 9.59. The first-order valence-corrected chi connectivity index (χ1v) is 8.88. The lowest BCUT2D eigenvalue weighted by atomic mass is 10.2. The number of hydrogen-bond acceptors (Lipinski definition) is 4. The fourth-order valence-electron chi connectivity index (χ4n) is 2.94. The summed E-state index contributed by atoms with van der Waals surface area (Å²) >= 11 is 0. The van der Waals surface area contributed by atoms with Crippen LogP contribution in [0.25, 0.3) is 0 Å². The highest BCUT2D eigenvalue weighted by atomic mass is 32.2. The van der Waals surface area contributed by atoms with Gasteiger partial charge in [0.15, 0.2) is 0 Å². The van der Waals surface area contributed by atoms with Crippen LogP contribution >= 0.6 is 0 Å². The van der Waals surface area contributed by atoms with Crippen LogP contribution in [0, 0.1) is 11.3 Å². The molecule has 0 N–H and O–H groups in total. The van der Waals surface area contributed by atoms with E-state index in [0.29, 0.717) is 39.3 Å². The predicted molar refractivity (Wildman–Crippen MR) is 77.2 cm³/mol. The lowest BCUT2D eigenvalue weighted by molar-refractivity contribution is 0.153. The van der Waals surface area contributed by atoms with Crippen LogP contribution in [0.5, 0.6) is 0 Å². The molecule has 0 aliphatic carbocycles. The summed E-state index contributed by atoms with van der Waals surface area (Å²) < 4.78 is 28.3. The van der Waals surface area contributed by atoms with E-state index < -0.39 is 10.2 Å². The minimum absolute atomic E-state index is 0.0881. The normalized spacial score (nSPS) is 25.2. The Kier molecular flexibility index (Phi) is 5.38. The van der Waals surface area contributed by atoms with Gasteiger partial charge in [0.25, 0.3) is 10.2 Å². The smallest absolute Gasteiger partial charge is 0.282 e. The molecule has 0 bridgehead atoms. The summed E-state index contributed by atoms with van der Waals surface area (Å²) in [4.78, 5) is 2.09. The second-order valence-electron chi connectivity index (χ2n) is 5.46. The second-order valence-corrected chi connectivity index (χ2v) is 7.38. The molecule has 0 saturated carbocycles. The van der Waals surface area contributed by atoms with E-state index in [2.05, 4.69) is 11.0 Å². The van der Waals surface area contributed by atoms with Gasteiger partial charge < -0.3 is 0 Å². The molecular weight excluding hydrogens is 276 g/mol. The van der Waals surface area contributed by atoms with E-state index in [-0.39, 0.29) is 6.04 Å². The van der Waals surface area contributed by atoms with Crippen molar-refractivity contribution < 1.29 is 8.42 Å². The largest absolute Gasteiger partial charge is 0.285 e. The minimum Gasteiger partial charge on any atom is -0.285 e. The molecule has 1 unspecified atom stereocenters. The van der Waals surface area contributed by atoms with Gasteiger partial charge in [-0.15, -0.1) is 0 Å². The van der Waals surface area contributed by atoms with Crippen molar-refractivity contribution in [2.24, 2.45) is 0 Å². The van der Waals surface area contributed by atoms with Crippen LogP contribution in [-0.2, 0) is 10.2 Å². The molecule has 2 aliphatic heterocycles. The Morgan fingerprint density at radius 2 is 1.55 bits per heavy atom. The predicted octanol–water partition coefficient (Wildman–Crippen LogP) is 0.637. The number of nitriles is 1. The van der Waals surface area contributed by atoms with E-state index in [0.717, 1.165) is 25.7 Å². The van der Waals surface area contributed by atoms with E-state index in [9.17, 15) is 8.42 Å². The Bertz CT molecular complexity index is 445. The zero-order valence-corrected chi connectivity index (χ0v) is 13.0. The van der Waals surface area contributed by atoms with E-state index in [1.807, 2.05) is 6.92 Å². The van der Waals surface area contributed by atoms with Crippen molar-refractivity contribution in [3.05, 3.63) is 0 Å². The first-order valence-electron chi connectivity index (χ1n) is 7.48. The minimum atomic E-state index is -3.29. The van der Waals surface area contributed by atoms with Gasteiger partial charge in [-0.2, -0.15) is 22.3 Å². The summed E-state index contributed by atoms with van der Waals surface area (Å²) in [5.74, 6) is 0. The quantitative estimate of drug-likeness (QED) is 0.764. The lowest BCUT2D eigenvalue weighted by Gasteiger charge is -2.38. The summed E-state index contributed by atoms with van der Waals surface area (Å²) in [7, 11) is -3.29. The summed E-state index contributed by atoms with van der Waals surface area (Å²) in [6.45, 7) is 5.59. The van der Waals surface area contributed by atoms with Gasteiger partial charge in [0.05, 0.1) is 12.1 Å². The number of rotatable bonds is 4. The third kappa shape index (κ3) is 3.31. The summed E-state index contributed by atoms with van der Waals surface area (Å²) in [5, 5.41) is 9.08. The fraction of sp³-hybridized carbons (Fsp3) is 0.923. The topological polar surface area (TPSA) is 67.6 Å². The average Bonchev–Trinajstić information content (AvgIpc) is 2.50. The Labute approximate surface area is 122 Å². The standard InChI is InChI=1S/C13H24N4O2S/c1-2-13(12-14)15-8-10-17(11-9-15)20(18,19)16-6-4-3-5-7-16/h13H,2-11H2,1H3. The molecule has 0 amide bonds. The van der Waals surface area contributed by atoms with Gasteiger partial charge in [0.2, 0.25) is 0 Å². The summed E-state index contributed by atoms with van der Waals surface area (Å²) in [6.07, 6.45) is 3.84. The van der Waals surface area contributed by atoms with Crippen LogP contribution in [0.1, 0.15) is 32.6 Å². The molecule has 114 valence electrons. The highest BCUT2D eigenvalue weighted by Crippen LogP contribution is 2.18. The van der Waals surface area contributed by atoms with Crippen LogP contribution < -0.4 is 0 Å². The van der Waals surface area contributed by atoms with E-state index in [1.165, 1.54) is 0 Å². The maximum atomic E-state index is 12.5. The van der Waals surface area contributed by atoms with Crippen molar-refractivity contribution in [2.45, 2.75) is 38.6 Å². The van der Waals surface area contributed by atoms with Crippen LogP contribution in [0.15, 0.2) is 0 Å². The zero-order chi connectivity index (χ0) is 14.6. The van der Waals surface area contributed by atoms with Gasteiger partial charge in [-0.25, -0.2) is 0 Å². The highest BCUT2D eigenvalue weighted by molar-refractivity contribution is 7.86. The molecule has 0 aromatic rings. The molecule has 6 nitrogen and oxygen atoms in total. The van der Waals surface area contributed by atoms with Crippen molar-refractivity contribution in [2.75, 3.05) is 39.3 Å². The Hall–Kier alpha value is -0.680. The molecule has 1 atom stereocenters. The maximum absolute atomic E-state index is 12.5. The molecule has 0 aromatic heterocycles. The Morgan fingerprint density at radius 1 is 1.00 bits per heavy atom. The summed E-state index contributed by atoms with van der Waals surface area (Å²) in [6, 6.07) is 2.20. The molecular formula is C13H24N4O2S. The van der Waals surface area contributed by atoms with E-state index in [4.69, 9.17) is 5.26 Å². The van der Waals surface area contributed by atoms with Gasteiger partial charge >= 0.3 is 0 Å². The SMILES string of the molecule is CCC(C#N)N1CCN(S(=O)(=O)N2CCCCC2)CC1. The Morgan fingerprint density at radius 3 is 2.05 bits per heavy atom. The molecule has 2 aliphatic rings. The third-order valence-corrected chi connectivity index (χ3v) is 6.25. The molecule has 20 heavy (non-hydrogen) atoms. The lowest BCUT2D eigenvalue weighted by Crippen LogP contribution is -2.55. The van der Waals surface area contributed by atoms with E-state index >= 15 is 0 Å². The van der Waals surface area contributed by atoms with Crippen molar-refractivity contribution in [3.63, 3.8) is 0 Å². The third-order valence-electron chi connectivity index (χ3n) is 4.22. The van der Waals surface area contributed by atoms with Gasteiger partial charge in [-0.3, -0.25) is 4.90 Å². The molecule has 0 aromatic carbocycles. The number of piperidine rings is 1. The van der Waals surface area contributed by atoms with Crippen LogP contribution in [0.2, 0.25) is 0 Å². The van der Waals surface area contributed by atoms with Crippen LogP contribution in [-0.4, -0.2) is 67.2 Å². The molecule has 2 heterocycles. The molecule has 2 saturated heterocycles. The molecule has 2 rings (SSSR count). The van der Waals surface area contributed by atoms with Crippen molar-refractivity contribution in [3.8, 4) is 6.07 Å². The average molecular weight is 300 g/mol. The van der Waals surface area contributed by atoms with Crippen LogP contribution in [0.4, 0.5) is 0 Å². The van der Waals surface area contributed by atoms with Gasteiger partial charge in [-0.1, -0.05) is 13.3 Å². The zero-order valence-electron chi connectivity index (χ0n) is 12.2. The van der Waals surface area contributed by atoms with E-state index in [1.54, 1.807) is 8.61 Å². The second kappa shape index (κ2) is 6.85. The molecule has 2 fully saturated rings. The summed E-state index contributed by atoms with van der Waals surface area (Å²) in [5.41, 5.74) is 0. The molecule has 7 heteroatoms. The monoisotopic (exact) mass is 300 g/mol.